The molecule has 0 saturated heterocycles. The first-order valence-electron chi connectivity index (χ1n) is 6.52. The van der Waals surface area contributed by atoms with E-state index >= 15 is 0 Å². The van der Waals surface area contributed by atoms with E-state index in [0.29, 0.717) is 24.7 Å². The predicted molar refractivity (Wildman–Crippen MR) is 78.9 cm³/mol. The van der Waals surface area contributed by atoms with Crippen molar-refractivity contribution < 1.29 is 17.9 Å². The molecule has 0 aliphatic heterocycles. The van der Waals surface area contributed by atoms with Gasteiger partial charge < -0.3 is 9.47 Å². The van der Waals surface area contributed by atoms with Crippen molar-refractivity contribution in [3.8, 4) is 0 Å². The Morgan fingerprint density at radius 2 is 1.71 bits per heavy atom. The second kappa shape index (κ2) is 9.36. The lowest BCUT2D eigenvalue weighted by atomic mass is 10.2. The highest BCUT2D eigenvalue weighted by molar-refractivity contribution is 7.91. The van der Waals surface area contributed by atoms with E-state index in [1.165, 1.54) is 0 Å². The number of ether oxygens (including phenoxy) is 2. The molecule has 0 unspecified atom stereocenters. The molecule has 1 rings (SSSR count). The van der Waals surface area contributed by atoms with Crippen LogP contribution in [0.5, 0.6) is 0 Å². The van der Waals surface area contributed by atoms with Crippen LogP contribution in [0.3, 0.4) is 0 Å². The van der Waals surface area contributed by atoms with Gasteiger partial charge in [-0.05, 0) is 24.6 Å². The van der Waals surface area contributed by atoms with Crippen LogP contribution in [0.2, 0.25) is 0 Å². The molecule has 1 aromatic carbocycles. The highest BCUT2D eigenvalue weighted by Crippen LogP contribution is 2.11. The molecule has 0 radical (unpaired) electrons. The van der Waals surface area contributed by atoms with Gasteiger partial charge in [-0.1, -0.05) is 22.8 Å². The third-order valence-electron chi connectivity index (χ3n) is 2.65. The summed E-state index contributed by atoms with van der Waals surface area (Å²) in [5, 5.41) is 3.31. The molecule has 0 atom stereocenters. The molecule has 0 spiro atoms. The zero-order valence-corrected chi connectivity index (χ0v) is 12.8. The van der Waals surface area contributed by atoms with Crippen molar-refractivity contribution in [1.29, 1.82) is 0 Å². The van der Waals surface area contributed by atoms with E-state index in [4.69, 9.17) is 15.0 Å². The van der Waals surface area contributed by atoms with E-state index in [2.05, 4.69) is 10.0 Å². The van der Waals surface area contributed by atoms with Crippen molar-refractivity contribution in [3.63, 3.8) is 0 Å². The minimum atomic E-state index is -3.30. The molecule has 0 saturated carbocycles. The average molecular weight is 313 g/mol. The van der Waals surface area contributed by atoms with Crippen LogP contribution in [0, 0.1) is 6.92 Å². The minimum Gasteiger partial charge on any atom is -0.379 e. The van der Waals surface area contributed by atoms with Crippen molar-refractivity contribution in [3.05, 3.63) is 40.3 Å². The molecule has 116 valence electrons. The zero-order valence-electron chi connectivity index (χ0n) is 11.9. The van der Waals surface area contributed by atoms with Crippen molar-refractivity contribution >= 4 is 9.84 Å². The lowest BCUT2D eigenvalue weighted by Crippen LogP contribution is -2.15. The maximum atomic E-state index is 12.0. The van der Waals surface area contributed by atoms with Crippen LogP contribution in [0.15, 0.2) is 34.3 Å². The van der Waals surface area contributed by atoms with Crippen LogP contribution >= 0.6 is 0 Å². The summed E-state index contributed by atoms with van der Waals surface area (Å²) in [7, 11) is -3.30. The van der Waals surface area contributed by atoms with E-state index in [0.717, 1.165) is 5.56 Å². The van der Waals surface area contributed by atoms with Crippen LogP contribution in [0.1, 0.15) is 5.56 Å². The highest BCUT2D eigenvalue weighted by Gasteiger charge is 2.13. The van der Waals surface area contributed by atoms with E-state index in [1.807, 2.05) is 6.92 Å². The van der Waals surface area contributed by atoms with E-state index < -0.39 is 9.84 Å². The molecule has 0 aromatic heterocycles. The first kappa shape index (κ1) is 17.5. The van der Waals surface area contributed by atoms with Gasteiger partial charge in [0.1, 0.15) is 0 Å². The molecule has 0 bridgehead atoms. The second-order valence-corrected chi connectivity index (χ2v) is 6.42. The number of hydrogen-bond donors (Lipinski definition) is 0. The Bertz CT molecular complexity index is 566. The first-order valence-corrected chi connectivity index (χ1v) is 8.17. The summed E-state index contributed by atoms with van der Waals surface area (Å²) < 4.78 is 34.3. The lowest BCUT2D eigenvalue weighted by molar-refractivity contribution is 0.0567. The Hall–Kier alpha value is -1.60. The molecule has 0 aliphatic carbocycles. The van der Waals surface area contributed by atoms with Gasteiger partial charge in [-0.25, -0.2) is 8.42 Å². The van der Waals surface area contributed by atoms with Crippen LogP contribution < -0.4 is 0 Å². The second-order valence-electron chi connectivity index (χ2n) is 4.31. The number of sulfone groups is 1. The molecule has 0 heterocycles. The zero-order chi connectivity index (χ0) is 15.6. The summed E-state index contributed by atoms with van der Waals surface area (Å²) in [6, 6.07) is 6.74. The topological polar surface area (TPSA) is 101 Å². The van der Waals surface area contributed by atoms with Crippen molar-refractivity contribution in [2.24, 2.45) is 5.11 Å². The van der Waals surface area contributed by atoms with Crippen LogP contribution in [0.25, 0.3) is 10.4 Å². The van der Waals surface area contributed by atoms with Gasteiger partial charge in [-0.15, -0.1) is 0 Å². The van der Waals surface area contributed by atoms with Crippen molar-refractivity contribution in [2.45, 2.75) is 11.8 Å². The fourth-order valence-corrected chi connectivity index (χ4v) is 2.63. The van der Waals surface area contributed by atoms with Gasteiger partial charge in [0.05, 0.1) is 37.1 Å². The number of benzene rings is 1. The van der Waals surface area contributed by atoms with Gasteiger partial charge in [0.25, 0.3) is 0 Å². The summed E-state index contributed by atoms with van der Waals surface area (Å²) in [5.41, 5.74) is 9.06. The maximum absolute atomic E-state index is 12.0. The third-order valence-corrected chi connectivity index (χ3v) is 4.34. The highest BCUT2D eigenvalue weighted by atomic mass is 32.2. The van der Waals surface area contributed by atoms with Crippen LogP contribution in [0.4, 0.5) is 0 Å². The number of aryl methyl sites for hydroxylation is 1. The summed E-state index contributed by atoms with van der Waals surface area (Å²) in [5.74, 6) is -0.0607. The molecule has 7 nitrogen and oxygen atoms in total. The Labute approximate surface area is 124 Å². The predicted octanol–water partition coefficient (Wildman–Crippen LogP) is 2.11. The normalized spacial score (nSPS) is 11.1. The Kier molecular flexibility index (Phi) is 7.78. The molecule has 0 amide bonds. The molecule has 0 aliphatic rings. The minimum absolute atomic E-state index is 0.0607. The van der Waals surface area contributed by atoms with Crippen molar-refractivity contribution in [1.82, 2.24) is 0 Å². The monoisotopic (exact) mass is 313 g/mol. The summed E-state index contributed by atoms with van der Waals surface area (Å²) in [6.45, 7) is 3.27. The SMILES string of the molecule is Cc1ccc(S(=O)(=O)CCOCCOCCN=[N+]=[N-])cc1. The van der Waals surface area contributed by atoms with Crippen LogP contribution in [-0.4, -0.2) is 47.1 Å². The van der Waals surface area contributed by atoms with Gasteiger partial charge in [0, 0.05) is 11.5 Å². The first-order chi connectivity index (χ1) is 10.1. The van der Waals surface area contributed by atoms with Gasteiger partial charge in [0.15, 0.2) is 9.84 Å². The van der Waals surface area contributed by atoms with Gasteiger partial charge in [-0.2, -0.15) is 0 Å². The molecule has 1 aromatic rings. The van der Waals surface area contributed by atoms with Gasteiger partial charge in [0.2, 0.25) is 0 Å². The summed E-state index contributed by atoms with van der Waals surface area (Å²) >= 11 is 0. The van der Waals surface area contributed by atoms with E-state index in [9.17, 15) is 8.42 Å². The largest absolute Gasteiger partial charge is 0.379 e. The average Bonchev–Trinajstić information content (AvgIpc) is 2.46. The third kappa shape index (κ3) is 7.10. The molecular weight excluding hydrogens is 294 g/mol. The van der Waals surface area contributed by atoms with Gasteiger partial charge in [-0.3, -0.25) is 0 Å². The number of hydrogen-bond acceptors (Lipinski definition) is 5. The molecule has 8 heteroatoms. The molecule has 0 N–H and O–H groups in total. The van der Waals surface area contributed by atoms with E-state index in [1.54, 1.807) is 24.3 Å². The van der Waals surface area contributed by atoms with Gasteiger partial charge >= 0.3 is 0 Å². The van der Waals surface area contributed by atoms with Crippen molar-refractivity contribution in [2.75, 3.05) is 38.7 Å². The van der Waals surface area contributed by atoms with Crippen LogP contribution in [-0.2, 0) is 19.3 Å². The standard InChI is InChI=1S/C13H19N3O4S/c1-12-2-4-13(5-3-12)21(17,18)11-10-20-9-8-19-7-6-15-16-14/h2-5H,6-11H2,1H3. The fraction of sp³-hybridized carbons (Fsp3) is 0.538. The van der Waals surface area contributed by atoms with E-state index in [-0.39, 0.29) is 18.9 Å². The number of rotatable bonds is 10. The lowest BCUT2D eigenvalue weighted by Gasteiger charge is -2.06. The molecular formula is C13H19N3O4S. The maximum Gasteiger partial charge on any atom is 0.180 e. The smallest absolute Gasteiger partial charge is 0.180 e. The Morgan fingerprint density at radius 3 is 2.33 bits per heavy atom. The summed E-state index contributed by atoms with van der Waals surface area (Å²) in [4.78, 5) is 2.90. The Balaban J connectivity index is 2.19. The molecule has 0 fully saturated rings. The Morgan fingerprint density at radius 1 is 1.10 bits per heavy atom. The number of azide groups is 1. The summed E-state index contributed by atoms with van der Waals surface area (Å²) in [6.07, 6.45) is 0. The molecule has 21 heavy (non-hydrogen) atoms. The quantitative estimate of drug-likeness (QED) is 0.286. The fourth-order valence-electron chi connectivity index (χ4n) is 1.50. The number of nitrogens with zero attached hydrogens (tertiary/aromatic N) is 3.